The molecule has 1 saturated carbocycles. The zero-order valence-electron chi connectivity index (χ0n) is 9.70. The van der Waals surface area contributed by atoms with Crippen LogP contribution in [0.15, 0.2) is 12.1 Å². The van der Waals surface area contributed by atoms with Crippen molar-refractivity contribution < 1.29 is 9.90 Å². The molecule has 0 radical (unpaired) electrons. The van der Waals surface area contributed by atoms with Gasteiger partial charge in [-0.05, 0) is 31.9 Å². The summed E-state index contributed by atoms with van der Waals surface area (Å²) in [5.41, 5.74) is -0.0392. The molecule has 1 aliphatic rings. The molecule has 0 aromatic carbocycles. The number of carbonyl (C=O) groups excluding carboxylic acids is 1. The van der Waals surface area contributed by atoms with Crippen LogP contribution in [0.5, 0.6) is 0 Å². The van der Waals surface area contributed by atoms with Crippen molar-refractivity contribution in [2.24, 2.45) is 5.41 Å². The van der Waals surface area contributed by atoms with Crippen LogP contribution in [0.25, 0.3) is 0 Å². The van der Waals surface area contributed by atoms with E-state index in [1.165, 1.54) is 11.3 Å². The number of amides is 1. The standard InChI is InChI=1S/C12H16ClNO2S/c1-8(9-2-3-10(13)17-9)11(16)14-6-12(7-15)4-5-12/h2-3,8,15H,4-7H2,1H3,(H,14,16)/t8-/m0/s1. The van der Waals surface area contributed by atoms with Gasteiger partial charge in [-0.3, -0.25) is 4.79 Å². The van der Waals surface area contributed by atoms with E-state index in [0.29, 0.717) is 10.9 Å². The predicted octanol–water partition coefficient (Wildman–Crippen LogP) is 2.39. The Balaban J connectivity index is 1.87. The van der Waals surface area contributed by atoms with E-state index < -0.39 is 0 Å². The molecule has 3 nitrogen and oxygen atoms in total. The van der Waals surface area contributed by atoms with Gasteiger partial charge in [0.05, 0.1) is 16.9 Å². The number of hydrogen-bond acceptors (Lipinski definition) is 3. The highest BCUT2D eigenvalue weighted by Gasteiger charge is 2.42. The first-order chi connectivity index (χ1) is 8.06. The quantitative estimate of drug-likeness (QED) is 0.865. The molecule has 0 bridgehead atoms. The summed E-state index contributed by atoms with van der Waals surface area (Å²) in [5.74, 6) is -0.176. The van der Waals surface area contributed by atoms with Crippen molar-refractivity contribution in [3.05, 3.63) is 21.3 Å². The normalized spacial score (nSPS) is 18.8. The van der Waals surface area contributed by atoms with E-state index >= 15 is 0 Å². The average Bonchev–Trinajstić information content (AvgIpc) is 3.00. The first-order valence-electron chi connectivity index (χ1n) is 5.70. The molecule has 94 valence electrons. The van der Waals surface area contributed by atoms with E-state index in [4.69, 9.17) is 16.7 Å². The van der Waals surface area contributed by atoms with Crippen LogP contribution in [0.1, 0.15) is 30.6 Å². The molecule has 1 atom stereocenters. The molecule has 17 heavy (non-hydrogen) atoms. The SMILES string of the molecule is C[C@H](C(=O)NCC1(CO)CC1)c1ccc(Cl)s1. The van der Waals surface area contributed by atoms with Crippen molar-refractivity contribution in [2.45, 2.75) is 25.7 Å². The molecule has 1 aliphatic carbocycles. The second-order valence-electron chi connectivity index (χ2n) is 4.74. The Hall–Kier alpha value is -0.580. The minimum absolute atomic E-state index is 0.00300. The number of hydrogen-bond donors (Lipinski definition) is 2. The van der Waals surface area contributed by atoms with Gasteiger partial charge in [0.15, 0.2) is 0 Å². The fraction of sp³-hybridized carbons (Fsp3) is 0.583. The van der Waals surface area contributed by atoms with Crippen molar-refractivity contribution in [3.63, 3.8) is 0 Å². The monoisotopic (exact) mass is 273 g/mol. The van der Waals surface area contributed by atoms with Gasteiger partial charge in [0.2, 0.25) is 5.91 Å². The molecule has 0 spiro atoms. The number of rotatable bonds is 5. The van der Waals surface area contributed by atoms with Gasteiger partial charge in [0.1, 0.15) is 0 Å². The zero-order valence-corrected chi connectivity index (χ0v) is 11.3. The largest absolute Gasteiger partial charge is 0.396 e. The Morgan fingerprint density at radius 2 is 2.35 bits per heavy atom. The molecule has 0 aliphatic heterocycles. The number of carbonyl (C=O) groups is 1. The van der Waals surface area contributed by atoms with E-state index in [2.05, 4.69) is 5.32 Å². The van der Waals surface area contributed by atoms with Crippen LogP contribution in [0.3, 0.4) is 0 Å². The van der Waals surface area contributed by atoms with Gasteiger partial charge in [0.25, 0.3) is 0 Å². The van der Waals surface area contributed by atoms with Crippen LogP contribution >= 0.6 is 22.9 Å². The number of aliphatic hydroxyl groups excluding tert-OH is 1. The average molecular weight is 274 g/mol. The predicted molar refractivity (Wildman–Crippen MR) is 69.5 cm³/mol. The molecule has 0 unspecified atom stereocenters. The zero-order chi connectivity index (χ0) is 12.5. The van der Waals surface area contributed by atoms with Crippen molar-refractivity contribution >= 4 is 28.8 Å². The summed E-state index contributed by atoms with van der Waals surface area (Å²) < 4.78 is 0.702. The molecular formula is C12H16ClNO2S. The first kappa shape index (κ1) is 12.9. The molecular weight excluding hydrogens is 258 g/mol. The third-order valence-electron chi connectivity index (χ3n) is 3.34. The highest BCUT2D eigenvalue weighted by Crippen LogP contribution is 2.44. The van der Waals surface area contributed by atoms with Crippen molar-refractivity contribution in [3.8, 4) is 0 Å². The van der Waals surface area contributed by atoms with Crippen LogP contribution in [0.2, 0.25) is 4.34 Å². The van der Waals surface area contributed by atoms with Crippen LogP contribution < -0.4 is 5.32 Å². The van der Waals surface area contributed by atoms with Crippen molar-refractivity contribution in [1.29, 1.82) is 0 Å². The summed E-state index contributed by atoms with van der Waals surface area (Å²) in [4.78, 5) is 12.9. The summed E-state index contributed by atoms with van der Waals surface area (Å²) in [5, 5.41) is 12.1. The number of aliphatic hydroxyl groups is 1. The summed E-state index contributed by atoms with van der Waals surface area (Å²) in [6, 6.07) is 3.69. The molecule has 1 amide bonds. The molecule has 2 N–H and O–H groups in total. The Bertz CT molecular complexity index is 414. The fourth-order valence-corrected chi connectivity index (χ4v) is 2.80. The topological polar surface area (TPSA) is 49.3 Å². The Labute approximate surface area is 110 Å². The minimum Gasteiger partial charge on any atom is -0.396 e. The smallest absolute Gasteiger partial charge is 0.228 e. The van der Waals surface area contributed by atoms with Crippen LogP contribution in [0, 0.1) is 5.41 Å². The van der Waals surface area contributed by atoms with Crippen molar-refractivity contribution in [1.82, 2.24) is 5.32 Å². The molecule has 2 rings (SSSR count). The third kappa shape index (κ3) is 3.00. The number of thiophene rings is 1. The van der Waals surface area contributed by atoms with Gasteiger partial charge in [0, 0.05) is 16.8 Å². The van der Waals surface area contributed by atoms with Gasteiger partial charge < -0.3 is 10.4 Å². The molecule has 5 heteroatoms. The van der Waals surface area contributed by atoms with Gasteiger partial charge in [-0.15, -0.1) is 11.3 Å². The maximum Gasteiger partial charge on any atom is 0.228 e. The minimum atomic E-state index is -0.179. The second-order valence-corrected chi connectivity index (χ2v) is 6.49. The third-order valence-corrected chi connectivity index (χ3v) is 4.76. The van der Waals surface area contributed by atoms with Gasteiger partial charge in [-0.2, -0.15) is 0 Å². The fourth-order valence-electron chi connectivity index (χ4n) is 1.69. The Morgan fingerprint density at radius 3 is 2.82 bits per heavy atom. The molecule has 1 heterocycles. The van der Waals surface area contributed by atoms with E-state index in [1.54, 1.807) is 6.07 Å². The number of halogens is 1. The van der Waals surface area contributed by atoms with E-state index in [1.807, 2.05) is 13.0 Å². The van der Waals surface area contributed by atoms with E-state index in [9.17, 15) is 4.79 Å². The Morgan fingerprint density at radius 1 is 1.65 bits per heavy atom. The maximum atomic E-state index is 11.9. The number of nitrogens with one attached hydrogen (secondary N) is 1. The summed E-state index contributed by atoms with van der Waals surface area (Å²) >= 11 is 7.28. The summed E-state index contributed by atoms with van der Waals surface area (Å²) in [7, 11) is 0. The van der Waals surface area contributed by atoms with Crippen molar-refractivity contribution in [2.75, 3.05) is 13.2 Å². The molecule has 1 fully saturated rings. The lowest BCUT2D eigenvalue weighted by Crippen LogP contribution is -2.34. The summed E-state index contributed by atoms with van der Waals surface area (Å²) in [6.07, 6.45) is 2.01. The van der Waals surface area contributed by atoms with Crippen LogP contribution in [0.4, 0.5) is 0 Å². The highest BCUT2D eigenvalue weighted by molar-refractivity contribution is 7.16. The second kappa shape index (κ2) is 4.96. The first-order valence-corrected chi connectivity index (χ1v) is 6.90. The molecule has 0 saturated heterocycles. The van der Waals surface area contributed by atoms with Gasteiger partial charge in [-0.1, -0.05) is 11.6 Å². The van der Waals surface area contributed by atoms with Gasteiger partial charge >= 0.3 is 0 Å². The lowest BCUT2D eigenvalue weighted by atomic mass is 10.1. The van der Waals surface area contributed by atoms with E-state index in [0.717, 1.165) is 17.7 Å². The maximum absolute atomic E-state index is 11.9. The lowest BCUT2D eigenvalue weighted by molar-refractivity contribution is -0.122. The highest BCUT2D eigenvalue weighted by atomic mass is 35.5. The molecule has 1 aromatic rings. The van der Waals surface area contributed by atoms with Crippen LogP contribution in [-0.4, -0.2) is 24.2 Å². The van der Waals surface area contributed by atoms with Gasteiger partial charge in [-0.25, -0.2) is 0 Å². The Kier molecular flexibility index (Phi) is 3.76. The summed E-state index contributed by atoms with van der Waals surface area (Å²) in [6.45, 7) is 2.61. The van der Waals surface area contributed by atoms with E-state index in [-0.39, 0.29) is 23.8 Å². The molecule has 1 aromatic heterocycles. The van der Waals surface area contributed by atoms with Crippen LogP contribution in [-0.2, 0) is 4.79 Å². The lowest BCUT2D eigenvalue weighted by Gasteiger charge is -2.15.